The molecule has 0 bridgehead atoms. The first-order chi connectivity index (χ1) is 21.0. The fourth-order valence-electron chi connectivity index (χ4n) is 4.82. The lowest BCUT2D eigenvalue weighted by Crippen LogP contribution is -2.42. The molecule has 230 valence electrons. The molecule has 0 saturated carbocycles. The number of hydrogen-bond acceptors (Lipinski definition) is 5. The van der Waals surface area contributed by atoms with Gasteiger partial charge in [-0.3, -0.25) is 9.78 Å². The highest BCUT2D eigenvalue weighted by Gasteiger charge is 2.31. The molecule has 44 heavy (non-hydrogen) atoms. The van der Waals surface area contributed by atoms with E-state index in [2.05, 4.69) is 10.3 Å². The van der Waals surface area contributed by atoms with Gasteiger partial charge in [0, 0.05) is 49.6 Å². The average Bonchev–Trinajstić information content (AvgIpc) is 3.43. The first-order valence-corrected chi connectivity index (χ1v) is 14.8. The van der Waals surface area contributed by atoms with Gasteiger partial charge in [0.2, 0.25) is 0 Å². The molecule has 4 aromatic rings. The van der Waals surface area contributed by atoms with Crippen molar-refractivity contribution in [2.24, 2.45) is 0 Å². The van der Waals surface area contributed by atoms with Gasteiger partial charge < -0.3 is 15.0 Å². The smallest absolute Gasteiger partial charge is 0.416 e. The zero-order chi connectivity index (χ0) is 31.4. The number of Topliss-reactive ketones (excluding diaryl/α,β-unsaturated/α-hetero) is 1. The number of nitrogens with one attached hydrogen (secondary N) is 1. The third-order valence-electron chi connectivity index (χ3n) is 7.09. The van der Waals surface area contributed by atoms with Gasteiger partial charge in [-0.05, 0) is 65.9 Å². The van der Waals surface area contributed by atoms with E-state index in [0.29, 0.717) is 60.2 Å². The Morgan fingerprint density at radius 2 is 1.84 bits per heavy atom. The topological polar surface area (TPSA) is 71.5 Å². The number of nitrogens with zero attached hydrogens (tertiary/aromatic N) is 2. The van der Waals surface area contributed by atoms with Crippen molar-refractivity contribution in [1.82, 2.24) is 15.2 Å². The molecule has 6 nitrogen and oxygen atoms in total. The minimum atomic E-state index is -4.67. The molecule has 3 heterocycles. The molecule has 0 aliphatic carbocycles. The number of thiophene rings is 1. The number of amides is 2. The van der Waals surface area contributed by atoms with Gasteiger partial charge >= 0.3 is 12.2 Å². The van der Waals surface area contributed by atoms with E-state index in [0.717, 1.165) is 22.9 Å². The first kappa shape index (κ1) is 31.1. The quantitative estimate of drug-likeness (QED) is 0.191. The monoisotopic (exact) mass is 629 g/mol. The summed E-state index contributed by atoms with van der Waals surface area (Å²) < 4.78 is 74.7. The maximum atomic E-state index is 15.1. The Kier molecular flexibility index (Phi) is 9.28. The van der Waals surface area contributed by atoms with Crippen LogP contribution in [0, 0.1) is 11.6 Å². The van der Waals surface area contributed by atoms with Gasteiger partial charge in [-0.1, -0.05) is 19.1 Å². The summed E-state index contributed by atoms with van der Waals surface area (Å²) in [6, 6.07) is 9.34. The van der Waals surface area contributed by atoms with E-state index in [1.807, 2.05) is 19.1 Å². The normalized spacial score (nSPS) is 13.6. The van der Waals surface area contributed by atoms with Crippen molar-refractivity contribution < 1.29 is 36.3 Å². The number of ether oxygens (including phenoxy) is 1. The predicted octanol–water partition coefficient (Wildman–Crippen LogP) is 7.95. The van der Waals surface area contributed by atoms with E-state index in [4.69, 9.17) is 4.74 Å². The second-order valence-corrected chi connectivity index (χ2v) is 11.4. The lowest BCUT2D eigenvalue weighted by atomic mass is 10.0. The van der Waals surface area contributed by atoms with Crippen molar-refractivity contribution in [2.75, 3.05) is 19.6 Å². The van der Waals surface area contributed by atoms with Gasteiger partial charge in [0.15, 0.2) is 11.6 Å². The fourth-order valence-corrected chi connectivity index (χ4v) is 5.95. The highest BCUT2D eigenvalue weighted by molar-refractivity contribution is 7.20. The van der Waals surface area contributed by atoms with E-state index in [1.165, 1.54) is 23.5 Å². The Labute approximate surface area is 254 Å². The van der Waals surface area contributed by atoms with Crippen molar-refractivity contribution in [3.05, 3.63) is 94.0 Å². The van der Waals surface area contributed by atoms with Crippen molar-refractivity contribution in [3.63, 3.8) is 0 Å². The number of aromatic nitrogens is 1. The Bertz CT molecular complexity index is 1730. The minimum Gasteiger partial charge on any atom is -0.453 e. The van der Waals surface area contributed by atoms with Gasteiger partial charge in [-0.15, -0.1) is 11.3 Å². The van der Waals surface area contributed by atoms with Crippen LogP contribution in [-0.2, 0) is 23.8 Å². The number of pyridine rings is 1. The van der Waals surface area contributed by atoms with Crippen molar-refractivity contribution >= 4 is 38.9 Å². The van der Waals surface area contributed by atoms with Gasteiger partial charge in [0.25, 0.3) is 0 Å². The third-order valence-corrected chi connectivity index (χ3v) is 8.31. The molecule has 0 fully saturated rings. The van der Waals surface area contributed by atoms with Crippen molar-refractivity contribution in [2.45, 2.75) is 38.8 Å². The summed E-state index contributed by atoms with van der Waals surface area (Å²) >= 11 is 1.45. The summed E-state index contributed by atoms with van der Waals surface area (Å²) in [5, 5.41) is 2.88. The van der Waals surface area contributed by atoms with Crippen LogP contribution in [0.2, 0.25) is 0 Å². The van der Waals surface area contributed by atoms with E-state index >= 15 is 4.39 Å². The molecule has 0 atom stereocenters. The molecule has 12 heteroatoms. The number of urea groups is 1. The van der Waals surface area contributed by atoms with E-state index in [1.54, 1.807) is 17.2 Å². The maximum absolute atomic E-state index is 15.1. The third kappa shape index (κ3) is 7.24. The van der Waals surface area contributed by atoms with Crippen LogP contribution in [-0.4, -0.2) is 41.3 Å². The molecule has 2 aromatic carbocycles. The Balaban J connectivity index is 1.26. The van der Waals surface area contributed by atoms with Crippen LogP contribution >= 0.6 is 11.3 Å². The fraction of sp³-hybridized carbons (Fsp3) is 0.281. The van der Waals surface area contributed by atoms with E-state index < -0.39 is 35.6 Å². The SMILES string of the molecule is CCCNC(=O)N1CC=C(c2cc3nccc(Oc4ccc(CC(=O)Cc5cc(C(F)(F)F)ccc5F)cc4F)c3s2)CC1. The summed E-state index contributed by atoms with van der Waals surface area (Å²) in [7, 11) is 0. The number of fused-ring (bicyclic) bond motifs is 1. The molecule has 0 unspecified atom stereocenters. The molecular weight excluding hydrogens is 601 g/mol. The number of ketones is 1. The summed E-state index contributed by atoms with van der Waals surface area (Å²) in [5.41, 5.74) is 0.610. The minimum absolute atomic E-state index is 0.0850. The number of rotatable bonds is 9. The molecular formula is C32H28F5N3O3S. The summed E-state index contributed by atoms with van der Waals surface area (Å²) in [5.74, 6) is -1.92. The Morgan fingerprint density at radius 3 is 2.55 bits per heavy atom. The Hall–Kier alpha value is -4.32. The van der Waals surface area contributed by atoms with Crippen LogP contribution in [0.5, 0.6) is 11.5 Å². The van der Waals surface area contributed by atoms with Crippen LogP contribution in [0.15, 0.2) is 60.8 Å². The average molecular weight is 630 g/mol. The van der Waals surface area contributed by atoms with Gasteiger partial charge in [0.05, 0.1) is 15.8 Å². The highest BCUT2D eigenvalue weighted by Crippen LogP contribution is 2.39. The second-order valence-electron chi connectivity index (χ2n) is 10.4. The van der Waals surface area contributed by atoms with Crippen LogP contribution in [0.4, 0.5) is 26.7 Å². The molecule has 1 N–H and O–H groups in total. The summed E-state index contributed by atoms with van der Waals surface area (Å²) in [6.45, 7) is 3.70. The van der Waals surface area contributed by atoms with E-state index in [9.17, 15) is 27.2 Å². The van der Waals surface area contributed by atoms with Crippen LogP contribution in [0.3, 0.4) is 0 Å². The summed E-state index contributed by atoms with van der Waals surface area (Å²) in [6.07, 6.45) is -0.417. The van der Waals surface area contributed by atoms with Crippen LogP contribution in [0.1, 0.15) is 41.3 Å². The molecule has 2 aromatic heterocycles. The molecule has 1 aliphatic heterocycles. The number of carbonyl (C=O) groups excluding carboxylic acids is 2. The standard InChI is InChI=1S/C32H28F5N3O3S/c1-2-10-39-31(42)40-12-8-20(9-13-40)29-18-26-30(44-29)28(7-11-38-26)43-27-6-3-19(15-25(27)34)14-23(41)17-21-16-22(32(35,36)37)4-5-24(21)33/h3-8,11,15-16,18H,2,9-10,12-14,17H2,1H3,(H,39,42). The zero-order valence-electron chi connectivity index (χ0n) is 23.6. The number of alkyl halides is 3. The van der Waals surface area contributed by atoms with Gasteiger partial charge in [0.1, 0.15) is 17.3 Å². The molecule has 2 amide bonds. The largest absolute Gasteiger partial charge is 0.453 e. The van der Waals surface area contributed by atoms with Gasteiger partial charge in [-0.25, -0.2) is 13.6 Å². The number of carbonyl (C=O) groups is 2. The lowest BCUT2D eigenvalue weighted by Gasteiger charge is -2.26. The van der Waals surface area contributed by atoms with Gasteiger partial charge in [-0.2, -0.15) is 13.2 Å². The molecule has 1 aliphatic rings. The van der Waals surface area contributed by atoms with Crippen molar-refractivity contribution in [3.8, 4) is 11.5 Å². The number of halogens is 5. The number of hydrogen-bond donors (Lipinski definition) is 1. The lowest BCUT2D eigenvalue weighted by molar-refractivity contribution is -0.137. The van der Waals surface area contributed by atoms with Crippen molar-refractivity contribution in [1.29, 1.82) is 0 Å². The summed E-state index contributed by atoms with van der Waals surface area (Å²) in [4.78, 5) is 31.9. The predicted molar refractivity (Wildman–Crippen MR) is 158 cm³/mol. The highest BCUT2D eigenvalue weighted by atomic mass is 32.1. The molecule has 0 radical (unpaired) electrons. The van der Waals surface area contributed by atoms with E-state index in [-0.39, 0.29) is 29.3 Å². The van der Waals surface area contributed by atoms with Crippen LogP contribution in [0.25, 0.3) is 15.8 Å². The number of benzene rings is 2. The molecule has 0 spiro atoms. The first-order valence-electron chi connectivity index (χ1n) is 14.0. The van der Waals surface area contributed by atoms with Crippen LogP contribution < -0.4 is 10.1 Å². The maximum Gasteiger partial charge on any atom is 0.416 e. The zero-order valence-corrected chi connectivity index (χ0v) is 24.5. The molecule has 5 rings (SSSR count). The Morgan fingerprint density at radius 1 is 1.02 bits per heavy atom. The second kappa shape index (κ2) is 13.1. The molecule has 0 saturated heterocycles.